The molecule has 0 aliphatic carbocycles. The highest BCUT2D eigenvalue weighted by Crippen LogP contribution is 2.17. The number of carbonyl (C=O) groups excluding carboxylic acids is 1. The molecule has 0 atom stereocenters. The summed E-state index contributed by atoms with van der Waals surface area (Å²) < 4.78 is 5.70. The molecule has 6 heteroatoms. The Kier molecular flexibility index (Phi) is 6.14. The molecule has 0 bridgehead atoms. The number of aryl methyl sites for hydroxylation is 2. The Morgan fingerprint density at radius 3 is 2.63 bits per heavy atom. The molecule has 1 aromatic heterocycles. The van der Waals surface area contributed by atoms with Gasteiger partial charge in [-0.25, -0.2) is 9.78 Å². The number of rotatable bonds is 6. The summed E-state index contributed by atoms with van der Waals surface area (Å²) in [6.45, 7) is 1.42. The van der Waals surface area contributed by atoms with E-state index in [1.165, 1.54) is 12.3 Å². The van der Waals surface area contributed by atoms with Crippen LogP contribution in [0.2, 0.25) is 11.3 Å². The van der Waals surface area contributed by atoms with E-state index in [0.717, 1.165) is 23.0 Å². The summed E-state index contributed by atoms with van der Waals surface area (Å²) >= 11 is 6.26. The summed E-state index contributed by atoms with van der Waals surface area (Å²) in [5.74, 6) is -0.867. The maximum Gasteiger partial charge on any atom is 0.396 e. The molecule has 0 unspecified atom stereocenters. The van der Waals surface area contributed by atoms with Crippen LogP contribution in [0.25, 0.3) is 0 Å². The molecule has 136 valence electrons. The maximum absolute atomic E-state index is 12.5. The first kappa shape index (κ1) is 19.0. The Morgan fingerprint density at radius 2 is 1.93 bits per heavy atom. The second kappa shape index (κ2) is 8.74. The van der Waals surface area contributed by atoms with Gasteiger partial charge in [-0.1, -0.05) is 54.1 Å². The largest absolute Gasteiger partial charge is 0.526 e. The molecule has 3 rings (SSSR count). The van der Waals surface area contributed by atoms with Crippen LogP contribution < -0.4 is 5.46 Å². The SMILES string of the molecule is Cc1ccc(B(CCc2ccccc2)OC(=O)c2ncccc2O)cc1Cl. The number of aromatic hydroxyl groups is 1. The lowest BCUT2D eigenvalue weighted by Gasteiger charge is -2.16. The van der Waals surface area contributed by atoms with Crippen LogP contribution in [-0.2, 0) is 11.1 Å². The van der Waals surface area contributed by atoms with Crippen LogP contribution in [-0.4, -0.2) is 23.0 Å². The molecule has 4 nitrogen and oxygen atoms in total. The van der Waals surface area contributed by atoms with Crippen molar-refractivity contribution in [2.75, 3.05) is 0 Å². The number of benzene rings is 2. The number of aromatic nitrogens is 1. The summed E-state index contributed by atoms with van der Waals surface area (Å²) in [7, 11) is 0. The molecule has 0 fully saturated rings. The number of hydrogen-bond acceptors (Lipinski definition) is 4. The fourth-order valence-corrected chi connectivity index (χ4v) is 2.97. The van der Waals surface area contributed by atoms with E-state index in [-0.39, 0.29) is 11.4 Å². The zero-order chi connectivity index (χ0) is 19.2. The van der Waals surface area contributed by atoms with Crippen molar-refractivity contribution in [3.8, 4) is 5.75 Å². The van der Waals surface area contributed by atoms with Gasteiger partial charge in [0.25, 0.3) is 0 Å². The first-order valence-corrected chi connectivity index (χ1v) is 9.07. The van der Waals surface area contributed by atoms with Crippen molar-refractivity contribution < 1.29 is 14.6 Å². The molecule has 0 aliphatic rings. The van der Waals surface area contributed by atoms with Crippen molar-refractivity contribution in [3.05, 3.63) is 88.7 Å². The molecule has 0 saturated heterocycles. The van der Waals surface area contributed by atoms with Crippen molar-refractivity contribution in [3.63, 3.8) is 0 Å². The van der Waals surface area contributed by atoms with Gasteiger partial charge in [-0.3, -0.25) is 0 Å². The zero-order valence-electron chi connectivity index (χ0n) is 14.9. The van der Waals surface area contributed by atoms with E-state index >= 15 is 0 Å². The van der Waals surface area contributed by atoms with Crippen LogP contribution in [0.5, 0.6) is 5.75 Å². The number of hydrogen-bond donors (Lipinski definition) is 1. The zero-order valence-corrected chi connectivity index (χ0v) is 15.7. The summed E-state index contributed by atoms with van der Waals surface area (Å²) in [5.41, 5.74) is 2.82. The van der Waals surface area contributed by atoms with Gasteiger partial charge in [-0.05, 0) is 54.5 Å². The van der Waals surface area contributed by atoms with Gasteiger partial charge in [-0.15, -0.1) is 0 Å². The Hall–Kier alpha value is -2.79. The molecule has 1 N–H and O–H groups in total. The van der Waals surface area contributed by atoms with Crippen molar-refractivity contribution in [1.82, 2.24) is 4.98 Å². The van der Waals surface area contributed by atoms with Crippen LogP contribution in [0, 0.1) is 6.92 Å². The molecule has 0 spiro atoms. The minimum atomic E-state index is -0.664. The Balaban J connectivity index is 1.83. The summed E-state index contributed by atoms with van der Waals surface area (Å²) in [5, 5.41) is 10.5. The fraction of sp³-hybridized carbons (Fsp3) is 0.143. The average molecular weight is 380 g/mol. The quantitative estimate of drug-likeness (QED) is 0.657. The third-order valence-electron chi connectivity index (χ3n) is 4.33. The van der Waals surface area contributed by atoms with Gasteiger partial charge in [-0.2, -0.15) is 0 Å². The summed E-state index contributed by atoms with van der Waals surface area (Å²) in [6, 6.07) is 18.6. The molecule has 1 heterocycles. The number of halogens is 1. The highest BCUT2D eigenvalue weighted by molar-refractivity contribution is 6.69. The van der Waals surface area contributed by atoms with E-state index in [1.54, 1.807) is 6.07 Å². The van der Waals surface area contributed by atoms with Crippen molar-refractivity contribution in [2.45, 2.75) is 19.7 Å². The molecular formula is C21H19BClNO3. The number of nitrogens with zero attached hydrogens (tertiary/aromatic N) is 1. The third-order valence-corrected chi connectivity index (χ3v) is 4.74. The lowest BCUT2D eigenvalue weighted by Crippen LogP contribution is -2.36. The van der Waals surface area contributed by atoms with Gasteiger partial charge in [0.1, 0.15) is 5.75 Å². The van der Waals surface area contributed by atoms with Gasteiger partial charge in [0.2, 0.25) is 0 Å². The molecule has 0 radical (unpaired) electrons. The van der Waals surface area contributed by atoms with Gasteiger partial charge in [0.15, 0.2) is 5.69 Å². The second-order valence-electron chi connectivity index (χ2n) is 6.30. The van der Waals surface area contributed by atoms with Gasteiger partial charge >= 0.3 is 12.9 Å². The van der Waals surface area contributed by atoms with Crippen molar-refractivity contribution in [2.24, 2.45) is 0 Å². The van der Waals surface area contributed by atoms with Crippen LogP contribution in [0.4, 0.5) is 0 Å². The maximum atomic E-state index is 12.5. The van der Waals surface area contributed by atoms with Crippen molar-refractivity contribution >= 4 is 29.9 Å². The Labute approximate surface area is 163 Å². The van der Waals surface area contributed by atoms with Crippen LogP contribution in [0.15, 0.2) is 66.9 Å². The molecule has 0 aliphatic heterocycles. The summed E-state index contributed by atoms with van der Waals surface area (Å²) in [4.78, 5) is 16.5. The molecule has 0 amide bonds. The second-order valence-corrected chi connectivity index (χ2v) is 6.71. The monoisotopic (exact) mass is 379 g/mol. The smallest absolute Gasteiger partial charge is 0.396 e. The summed E-state index contributed by atoms with van der Waals surface area (Å²) in [6.07, 6.45) is 2.76. The van der Waals surface area contributed by atoms with Gasteiger partial charge in [0, 0.05) is 11.2 Å². The van der Waals surface area contributed by atoms with E-state index in [9.17, 15) is 9.90 Å². The molecule has 3 aromatic rings. The topological polar surface area (TPSA) is 59.4 Å². The number of carbonyl (C=O) groups is 1. The molecule has 0 saturated carbocycles. The lowest BCUT2D eigenvalue weighted by atomic mass is 9.57. The van der Waals surface area contributed by atoms with Crippen molar-refractivity contribution in [1.29, 1.82) is 0 Å². The van der Waals surface area contributed by atoms with E-state index < -0.39 is 12.9 Å². The van der Waals surface area contributed by atoms with Crippen LogP contribution >= 0.6 is 11.6 Å². The van der Waals surface area contributed by atoms with Crippen LogP contribution in [0.1, 0.15) is 21.6 Å². The number of pyridine rings is 1. The normalized spacial score (nSPS) is 10.4. The average Bonchev–Trinajstić information content (AvgIpc) is 2.68. The predicted molar refractivity (Wildman–Crippen MR) is 108 cm³/mol. The third kappa shape index (κ3) is 4.89. The van der Waals surface area contributed by atoms with E-state index in [2.05, 4.69) is 4.98 Å². The van der Waals surface area contributed by atoms with E-state index in [4.69, 9.17) is 16.3 Å². The minimum Gasteiger partial charge on any atom is -0.526 e. The Morgan fingerprint density at radius 1 is 1.15 bits per heavy atom. The Bertz CT molecular complexity index is 934. The van der Waals surface area contributed by atoms with E-state index in [1.807, 2.05) is 55.5 Å². The lowest BCUT2D eigenvalue weighted by molar-refractivity contribution is 0.0725. The minimum absolute atomic E-state index is 0.0968. The molecular weight excluding hydrogens is 361 g/mol. The first-order valence-electron chi connectivity index (χ1n) is 8.69. The molecule has 27 heavy (non-hydrogen) atoms. The van der Waals surface area contributed by atoms with Crippen LogP contribution in [0.3, 0.4) is 0 Å². The first-order chi connectivity index (χ1) is 13.0. The molecule has 2 aromatic carbocycles. The fourth-order valence-electron chi connectivity index (χ4n) is 2.78. The van der Waals surface area contributed by atoms with E-state index in [0.29, 0.717) is 11.3 Å². The highest BCUT2D eigenvalue weighted by Gasteiger charge is 2.26. The van der Waals surface area contributed by atoms with Gasteiger partial charge in [0.05, 0.1) is 0 Å². The highest BCUT2D eigenvalue weighted by atomic mass is 35.5. The predicted octanol–water partition coefficient (Wildman–Crippen LogP) is 4.05. The van der Waals surface area contributed by atoms with Gasteiger partial charge < -0.3 is 9.76 Å². The standard InChI is InChI=1S/C21H19BClNO3/c1-15-9-10-17(14-18(15)23)22(12-11-16-6-3-2-4-7-16)27-21(26)20-19(25)8-5-13-24-20/h2-10,13-14,25H,11-12H2,1H3.